The number of methoxy groups -OCH3 is 2. The molecule has 0 unspecified atom stereocenters. The molecule has 9 nitrogen and oxygen atoms in total. The van der Waals surface area contributed by atoms with Gasteiger partial charge in [0, 0.05) is 35.1 Å². The number of halogens is 3. The molecule has 0 spiro atoms. The highest BCUT2D eigenvalue weighted by Gasteiger charge is 2.35. The number of nitrogens with zero attached hydrogens (tertiary/aromatic N) is 2. The Morgan fingerprint density at radius 3 is 2.15 bits per heavy atom. The van der Waals surface area contributed by atoms with Crippen LogP contribution in [0, 0.1) is 5.82 Å². The maximum atomic E-state index is 14.6. The summed E-state index contributed by atoms with van der Waals surface area (Å²) in [6.07, 6.45) is 0.120. The van der Waals surface area contributed by atoms with Crippen molar-refractivity contribution >= 4 is 50.7 Å². The number of anilines is 1. The number of rotatable bonds is 14. The molecule has 0 bridgehead atoms. The molecule has 254 valence electrons. The van der Waals surface area contributed by atoms with Crippen LogP contribution in [0.15, 0.2) is 95.9 Å². The molecule has 0 fully saturated rings. The van der Waals surface area contributed by atoms with Crippen molar-refractivity contribution in [3.05, 3.63) is 118 Å². The third-order valence-corrected chi connectivity index (χ3v) is 9.75. The smallest absolute Gasteiger partial charge is 0.264 e. The number of carbonyl (C=O) groups is 2. The summed E-state index contributed by atoms with van der Waals surface area (Å²) in [4.78, 5) is 29.5. The molecule has 2 amide bonds. The summed E-state index contributed by atoms with van der Waals surface area (Å²) in [7, 11) is -1.70. The molecule has 0 saturated heterocycles. The van der Waals surface area contributed by atoms with Crippen LogP contribution in [0.5, 0.6) is 11.5 Å². The first-order chi connectivity index (χ1) is 22.8. The maximum Gasteiger partial charge on any atom is 0.264 e. The molecule has 4 rings (SSSR count). The van der Waals surface area contributed by atoms with Gasteiger partial charge in [-0.05, 0) is 73.5 Å². The summed E-state index contributed by atoms with van der Waals surface area (Å²) in [6.45, 7) is 2.70. The predicted octanol–water partition coefficient (Wildman–Crippen LogP) is 6.51. The van der Waals surface area contributed by atoms with Crippen LogP contribution in [0.4, 0.5) is 10.1 Å². The van der Waals surface area contributed by atoms with Gasteiger partial charge in [-0.15, -0.1) is 0 Å². The van der Waals surface area contributed by atoms with Crippen molar-refractivity contribution in [3.63, 3.8) is 0 Å². The van der Waals surface area contributed by atoms with Crippen LogP contribution in [0.25, 0.3) is 0 Å². The van der Waals surface area contributed by atoms with Crippen LogP contribution in [-0.2, 0) is 32.6 Å². The van der Waals surface area contributed by atoms with Crippen molar-refractivity contribution in [1.82, 2.24) is 10.2 Å². The molecular formula is C35H36Cl2FN3O6S. The Hall–Kier alpha value is -4.32. The van der Waals surface area contributed by atoms with Crippen molar-refractivity contribution in [2.24, 2.45) is 0 Å². The summed E-state index contributed by atoms with van der Waals surface area (Å²) >= 11 is 12.7. The Bertz CT molecular complexity index is 1840. The minimum atomic E-state index is -4.48. The van der Waals surface area contributed by atoms with E-state index < -0.39 is 40.2 Å². The van der Waals surface area contributed by atoms with Gasteiger partial charge < -0.3 is 19.7 Å². The molecule has 48 heavy (non-hydrogen) atoms. The summed E-state index contributed by atoms with van der Waals surface area (Å²) in [5.41, 5.74) is 1.28. The Kier molecular flexibility index (Phi) is 12.3. The summed E-state index contributed by atoms with van der Waals surface area (Å²) in [6, 6.07) is 21.3. The van der Waals surface area contributed by atoms with Crippen LogP contribution >= 0.6 is 23.2 Å². The fourth-order valence-corrected chi connectivity index (χ4v) is 6.91. The van der Waals surface area contributed by atoms with Gasteiger partial charge in [0.05, 0.1) is 24.8 Å². The lowest BCUT2D eigenvalue weighted by atomic mass is 10.0. The van der Waals surface area contributed by atoms with Gasteiger partial charge in [-0.3, -0.25) is 13.9 Å². The van der Waals surface area contributed by atoms with Crippen molar-refractivity contribution in [2.75, 3.05) is 25.1 Å². The fraction of sp³-hybridized carbons (Fsp3) is 0.257. The second kappa shape index (κ2) is 16.2. The lowest BCUT2D eigenvalue weighted by molar-refractivity contribution is -0.140. The van der Waals surface area contributed by atoms with Crippen LogP contribution in [0.3, 0.4) is 0 Å². The standard InChI is InChI=1S/C35H36Cl2FN3O6S/c1-23(2)39-35(43)31(18-24-8-6-5-7-9-24)40(21-25-10-11-26(36)19-30(25)37)34(42)22-41(28-14-12-27(38)13-15-28)48(44,45)29-16-17-32(46-3)33(20-29)47-4/h5-17,19-20,23,31H,18,21-22H2,1-4H3,(H,39,43)/t31-/m1/s1. The first-order valence-electron chi connectivity index (χ1n) is 14.9. The van der Waals surface area contributed by atoms with Crippen LogP contribution in [-0.4, -0.2) is 58.0 Å². The molecule has 4 aromatic rings. The number of carbonyl (C=O) groups excluding carboxylic acids is 2. The van der Waals surface area contributed by atoms with Gasteiger partial charge in [0.25, 0.3) is 10.0 Å². The second-order valence-electron chi connectivity index (χ2n) is 11.1. The van der Waals surface area contributed by atoms with Crippen molar-refractivity contribution in [3.8, 4) is 11.5 Å². The minimum Gasteiger partial charge on any atom is -0.493 e. The van der Waals surface area contributed by atoms with E-state index >= 15 is 0 Å². The highest BCUT2D eigenvalue weighted by Crippen LogP contribution is 2.33. The second-order valence-corrected chi connectivity index (χ2v) is 13.8. The fourth-order valence-electron chi connectivity index (χ4n) is 5.01. The quantitative estimate of drug-likeness (QED) is 0.160. The van der Waals surface area contributed by atoms with E-state index in [1.54, 1.807) is 26.0 Å². The lowest BCUT2D eigenvalue weighted by Gasteiger charge is -2.34. The number of hydrogen-bond acceptors (Lipinski definition) is 6. The van der Waals surface area contributed by atoms with E-state index in [4.69, 9.17) is 32.7 Å². The Morgan fingerprint density at radius 2 is 1.54 bits per heavy atom. The van der Waals surface area contributed by atoms with Gasteiger partial charge in [0.15, 0.2) is 11.5 Å². The van der Waals surface area contributed by atoms with Crippen molar-refractivity contribution < 1.29 is 31.9 Å². The average molecular weight is 717 g/mol. The normalized spacial score (nSPS) is 11.9. The van der Waals surface area contributed by atoms with Crippen molar-refractivity contribution in [2.45, 2.75) is 43.8 Å². The third-order valence-electron chi connectivity index (χ3n) is 7.39. The van der Waals surface area contributed by atoms with E-state index in [0.717, 1.165) is 22.0 Å². The number of sulfonamides is 1. The van der Waals surface area contributed by atoms with E-state index in [1.807, 2.05) is 30.3 Å². The number of ether oxygens (including phenoxy) is 2. The summed E-state index contributed by atoms with van der Waals surface area (Å²) in [5, 5.41) is 3.53. The predicted molar refractivity (Wildman–Crippen MR) is 185 cm³/mol. The van der Waals surface area contributed by atoms with Gasteiger partial charge in [-0.1, -0.05) is 59.6 Å². The molecule has 0 saturated carbocycles. The number of hydrogen-bond donors (Lipinski definition) is 1. The Labute approximate surface area is 290 Å². The van der Waals surface area contributed by atoms with Crippen LogP contribution < -0.4 is 19.1 Å². The van der Waals surface area contributed by atoms with Gasteiger partial charge in [-0.2, -0.15) is 0 Å². The van der Waals surface area contributed by atoms with Crippen molar-refractivity contribution in [1.29, 1.82) is 0 Å². The SMILES string of the molecule is COc1ccc(S(=O)(=O)N(CC(=O)N(Cc2ccc(Cl)cc2Cl)[C@H](Cc2ccccc2)C(=O)NC(C)C)c2ccc(F)cc2)cc1OC. The Balaban J connectivity index is 1.84. The van der Waals surface area contributed by atoms with E-state index in [2.05, 4.69) is 5.32 Å². The first-order valence-corrected chi connectivity index (χ1v) is 17.1. The first kappa shape index (κ1) is 36.5. The molecular weight excluding hydrogens is 680 g/mol. The molecule has 0 aliphatic heterocycles. The molecule has 4 aromatic carbocycles. The molecule has 0 aliphatic carbocycles. The molecule has 0 aromatic heterocycles. The highest BCUT2D eigenvalue weighted by molar-refractivity contribution is 7.92. The zero-order chi connectivity index (χ0) is 35.0. The molecule has 0 heterocycles. The maximum absolute atomic E-state index is 14.6. The van der Waals surface area contributed by atoms with E-state index in [-0.39, 0.29) is 40.4 Å². The zero-order valence-corrected chi connectivity index (χ0v) is 29.2. The Morgan fingerprint density at radius 1 is 0.875 bits per heavy atom. The average Bonchev–Trinajstić information content (AvgIpc) is 3.06. The van der Waals surface area contributed by atoms with E-state index in [0.29, 0.717) is 16.3 Å². The topological polar surface area (TPSA) is 105 Å². The minimum absolute atomic E-state index is 0.0234. The molecule has 13 heteroatoms. The highest BCUT2D eigenvalue weighted by atomic mass is 35.5. The number of amides is 2. The zero-order valence-electron chi connectivity index (χ0n) is 26.8. The van der Waals surface area contributed by atoms with Gasteiger partial charge in [0.1, 0.15) is 18.4 Å². The van der Waals surface area contributed by atoms with Crippen LogP contribution in [0.1, 0.15) is 25.0 Å². The van der Waals surface area contributed by atoms with E-state index in [1.165, 1.54) is 55.5 Å². The molecule has 1 atom stereocenters. The molecule has 0 aliphatic rings. The lowest BCUT2D eigenvalue weighted by Crippen LogP contribution is -2.54. The number of nitrogens with one attached hydrogen (secondary N) is 1. The van der Waals surface area contributed by atoms with Gasteiger partial charge in [0.2, 0.25) is 11.8 Å². The summed E-state index contributed by atoms with van der Waals surface area (Å²) in [5.74, 6) is -1.30. The third kappa shape index (κ3) is 8.97. The van der Waals surface area contributed by atoms with Gasteiger partial charge >= 0.3 is 0 Å². The number of benzene rings is 4. The van der Waals surface area contributed by atoms with Gasteiger partial charge in [-0.25, -0.2) is 12.8 Å². The van der Waals surface area contributed by atoms with E-state index in [9.17, 15) is 22.4 Å². The molecule has 1 N–H and O–H groups in total. The molecule has 0 radical (unpaired) electrons. The summed E-state index contributed by atoms with van der Waals surface area (Å²) < 4.78 is 54.0. The monoisotopic (exact) mass is 715 g/mol. The largest absolute Gasteiger partial charge is 0.493 e. The van der Waals surface area contributed by atoms with Crippen LogP contribution in [0.2, 0.25) is 10.0 Å².